The zero-order valence-corrected chi connectivity index (χ0v) is 16.0. The fraction of sp³-hybridized carbons (Fsp3) is 0.857. The molecule has 0 aromatic heterocycles. The Morgan fingerprint density at radius 1 is 1.08 bits per heavy atom. The van der Waals surface area contributed by atoms with Crippen LogP contribution < -0.4 is 20.7 Å². The number of alkyl carbamates (subject to hydrolysis) is 1. The third kappa shape index (κ3) is 15.3. The molecule has 10 heteroatoms. The van der Waals surface area contributed by atoms with Gasteiger partial charge in [0.1, 0.15) is 5.60 Å². The molecule has 0 aliphatic heterocycles. The van der Waals surface area contributed by atoms with Crippen LogP contribution in [0.5, 0.6) is 0 Å². The lowest BCUT2D eigenvalue weighted by molar-refractivity contribution is 0.0529. The molecule has 0 atom stereocenters. The van der Waals surface area contributed by atoms with Gasteiger partial charge in [-0.15, -0.1) is 0 Å². The molecule has 0 aromatic carbocycles. The highest BCUT2D eigenvalue weighted by molar-refractivity contribution is 7.88. The fourth-order valence-electron chi connectivity index (χ4n) is 1.53. The molecule has 0 aliphatic carbocycles. The number of carbonyl (C=O) groups is 1. The van der Waals surface area contributed by atoms with Gasteiger partial charge in [0, 0.05) is 32.7 Å². The first-order valence-electron chi connectivity index (χ1n) is 7.97. The number of rotatable bonds is 9. The SMILES string of the molecule is CCNC(=NCCCNS(C)(=O)=O)NCCNC(=O)OC(C)(C)C. The molecule has 0 unspecified atom stereocenters. The Kier molecular flexibility index (Phi) is 10.4. The van der Waals surface area contributed by atoms with Crippen LogP contribution in [-0.2, 0) is 14.8 Å². The molecule has 0 aromatic rings. The van der Waals surface area contributed by atoms with E-state index in [1.165, 1.54) is 0 Å². The molecule has 0 bridgehead atoms. The van der Waals surface area contributed by atoms with Gasteiger partial charge in [0.05, 0.1) is 6.26 Å². The van der Waals surface area contributed by atoms with Gasteiger partial charge < -0.3 is 20.7 Å². The van der Waals surface area contributed by atoms with Crippen molar-refractivity contribution in [3.05, 3.63) is 0 Å². The van der Waals surface area contributed by atoms with Crippen molar-refractivity contribution >= 4 is 22.1 Å². The molecule has 4 N–H and O–H groups in total. The van der Waals surface area contributed by atoms with Gasteiger partial charge in [0.15, 0.2) is 5.96 Å². The van der Waals surface area contributed by atoms with Gasteiger partial charge in [-0.25, -0.2) is 17.9 Å². The Morgan fingerprint density at radius 2 is 1.71 bits per heavy atom. The van der Waals surface area contributed by atoms with Crippen molar-refractivity contribution in [3.63, 3.8) is 0 Å². The van der Waals surface area contributed by atoms with Gasteiger partial charge in [0.2, 0.25) is 10.0 Å². The van der Waals surface area contributed by atoms with Crippen LogP contribution in [0.25, 0.3) is 0 Å². The van der Waals surface area contributed by atoms with Crippen molar-refractivity contribution < 1.29 is 17.9 Å². The summed E-state index contributed by atoms with van der Waals surface area (Å²) in [6.45, 7) is 9.79. The number of guanidine groups is 1. The number of hydrogen-bond donors (Lipinski definition) is 4. The maximum absolute atomic E-state index is 11.5. The zero-order valence-electron chi connectivity index (χ0n) is 15.2. The van der Waals surface area contributed by atoms with E-state index in [1.807, 2.05) is 6.92 Å². The molecule has 0 radical (unpaired) electrons. The molecular weight excluding hydrogens is 334 g/mol. The van der Waals surface area contributed by atoms with E-state index in [2.05, 4.69) is 25.7 Å². The predicted molar refractivity (Wildman–Crippen MR) is 95.7 cm³/mol. The number of hydrogen-bond acceptors (Lipinski definition) is 5. The summed E-state index contributed by atoms with van der Waals surface area (Å²) in [7, 11) is -3.16. The number of nitrogens with one attached hydrogen (secondary N) is 4. The maximum Gasteiger partial charge on any atom is 0.407 e. The summed E-state index contributed by atoms with van der Waals surface area (Å²) >= 11 is 0. The van der Waals surface area contributed by atoms with Crippen LogP contribution >= 0.6 is 0 Å². The Labute approximate surface area is 145 Å². The summed E-state index contributed by atoms with van der Waals surface area (Å²) in [4.78, 5) is 15.8. The van der Waals surface area contributed by atoms with Crippen LogP contribution in [0.3, 0.4) is 0 Å². The highest BCUT2D eigenvalue weighted by atomic mass is 32.2. The quantitative estimate of drug-likeness (QED) is 0.259. The minimum Gasteiger partial charge on any atom is -0.444 e. The summed E-state index contributed by atoms with van der Waals surface area (Å²) in [5.41, 5.74) is -0.520. The average molecular weight is 366 g/mol. The van der Waals surface area contributed by atoms with Gasteiger partial charge >= 0.3 is 6.09 Å². The lowest BCUT2D eigenvalue weighted by Gasteiger charge is -2.19. The third-order valence-corrected chi connectivity index (χ3v) is 3.13. The molecule has 0 fully saturated rings. The Morgan fingerprint density at radius 3 is 2.25 bits per heavy atom. The van der Waals surface area contributed by atoms with Gasteiger partial charge in [-0.05, 0) is 34.1 Å². The lowest BCUT2D eigenvalue weighted by Crippen LogP contribution is -2.42. The largest absolute Gasteiger partial charge is 0.444 e. The van der Waals surface area contributed by atoms with Crippen LogP contribution in [0.15, 0.2) is 4.99 Å². The predicted octanol–water partition coefficient (Wildman–Crippen LogP) is 0.00550. The van der Waals surface area contributed by atoms with E-state index in [9.17, 15) is 13.2 Å². The van der Waals surface area contributed by atoms with E-state index in [1.54, 1.807) is 20.8 Å². The van der Waals surface area contributed by atoms with Gasteiger partial charge in [-0.3, -0.25) is 4.99 Å². The molecule has 9 nitrogen and oxygen atoms in total. The Bertz CT molecular complexity index is 500. The molecule has 0 spiro atoms. The monoisotopic (exact) mass is 365 g/mol. The van der Waals surface area contributed by atoms with Crippen molar-refractivity contribution in [3.8, 4) is 0 Å². The van der Waals surface area contributed by atoms with Gasteiger partial charge in [0.25, 0.3) is 0 Å². The van der Waals surface area contributed by atoms with Crippen LogP contribution in [-0.4, -0.2) is 65.1 Å². The number of sulfonamides is 1. The maximum atomic E-state index is 11.5. The molecule has 24 heavy (non-hydrogen) atoms. The second kappa shape index (κ2) is 11.1. The van der Waals surface area contributed by atoms with Gasteiger partial charge in [-0.2, -0.15) is 0 Å². The average Bonchev–Trinajstić information content (AvgIpc) is 2.39. The third-order valence-electron chi connectivity index (χ3n) is 2.40. The topological polar surface area (TPSA) is 121 Å². The van der Waals surface area contributed by atoms with Crippen molar-refractivity contribution in [2.45, 2.75) is 39.7 Å². The van der Waals surface area contributed by atoms with Crippen molar-refractivity contribution in [2.75, 3.05) is 39.0 Å². The Balaban J connectivity index is 4.02. The highest BCUT2D eigenvalue weighted by Crippen LogP contribution is 2.05. The second-order valence-corrected chi connectivity index (χ2v) is 7.97. The minimum atomic E-state index is -3.16. The summed E-state index contributed by atoms with van der Waals surface area (Å²) in [6.07, 6.45) is 1.26. The smallest absolute Gasteiger partial charge is 0.407 e. The number of aliphatic imine (C=N–C) groups is 1. The second-order valence-electron chi connectivity index (χ2n) is 6.14. The van der Waals surface area contributed by atoms with Crippen LogP contribution in [0, 0.1) is 0 Å². The summed E-state index contributed by atoms with van der Waals surface area (Å²) in [5.74, 6) is 0.614. The summed E-state index contributed by atoms with van der Waals surface area (Å²) in [6, 6.07) is 0. The lowest BCUT2D eigenvalue weighted by atomic mass is 10.2. The van der Waals surface area contributed by atoms with E-state index < -0.39 is 21.7 Å². The molecule has 1 amide bonds. The molecule has 142 valence electrons. The first-order chi connectivity index (χ1) is 11.0. The Hall–Kier alpha value is -1.55. The van der Waals surface area contributed by atoms with E-state index in [0.717, 1.165) is 6.26 Å². The molecule has 0 rings (SSSR count). The first-order valence-corrected chi connectivity index (χ1v) is 9.86. The number of ether oxygens (including phenoxy) is 1. The minimum absolute atomic E-state index is 0.349. The van der Waals surface area contributed by atoms with Gasteiger partial charge in [-0.1, -0.05) is 0 Å². The van der Waals surface area contributed by atoms with E-state index in [4.69, 9.17) is 4.74 Å². The molecular formula is C14H31N5O4S. The number of amides is 1. The van der Waals surface area contributed by atoms with Crippen molar-refractivity contribution in [1.82, 2.24) is 20.7 Å². The molecule has 0 aliphatic rings. The fourth-order valence-corrected chi connectivity index (χ4v) is 2.04. The summed E-state index contributed by atoms with van der Waals surface area (Å²) in [5, 5.41) is 8.79. The van der Waals surface area contributed by atoms with Crippen LogP contribution in [0.2, 0.25) is 0 Å². The van der Waals surface area contributed by atoms with E-state index >= 15 is 0 Å². The standard InChI is InChI=1S/C14H31N5O4S/c1-6-15-12(16-8-7-9-19-24(5,21)22)17-10-11-18-13(20)23-14(2,3)4/h19H,6-11H2,1-5H3,(H,18,20)(H2,15,16,17). The molecule has 0 heterocycles. The van der Waals surface area contributed by atoms with Crippen LogP contribution in [0.1, 0.15) is 34.1 Å². The van der Waals surface area contributed by atoms with Crippen molar-refractivity contribution in [1.29, 1.82) is 0 Å². The molecule has 0 saturated heterocycles. The van der Waals surface area contributed by atoms with E-state index in [-0.39, 0.29) is 0 Å². The summed E-state index contributed by atoms with van der Waals surface area (Å²) < 4.78 is 29.4. The van der Waals surface area contributed by atoms with Crippen molar-refractivity contribution in [2.24, 2.45) is 4.99 Å². The number of nitrogens with zero attached hydrogens (tertiary/aromatic N) is 1. The van der Waals surface area contributed by atoms with E-state index in [0.29, 0.717) is 45.1 Å². The normalized spacial score (nSPS) is 12.6. The number of carbonyl (C=O) groups excluding carboxylic acids is 1. The first kappa shape index (κ1) is 22.4. The van der Waals surface area contributed by atoms with Crippen LogP contribution in [0.4, 0.5) is 4.79 Å². The molecule has 0 saturated carbocycles. The highest BCUT2D eigenvalue weighted by Gasteiger charge is 2.15. The zero-order chi connectivity index (χ0) is 18.6.